The van der Waals surface area contributed by atoms with Crippen LogP contribution in [0.4, 0.5) is 16.2 Å². The number of amides is 4. The van der Waals surface area contributed by atoms with Crippen LogP contribution in [0.1, 0.15) is 22.3 Å². The highest BCUT2D eigenvalue weighted by Crippen LogP contribution is 2.27. The summed E-state index contributed by atoms with van der Waals surface area (Å²) in [5, 5.41) is 13.1. The van der Waals surface area contributed by atoms with E-state index in [4.69, 9.17) is 4.74 Å². The van der Waals surface area contributed by atoms with Crippen LogP contribution in [-0.2, 0) is 16.2 Å². The third-order valence-corrected chi connectivity index (χ3v) is 5.33. The SMILES string of the molecule is Cc1cc(C)cc(N2C(=O)NC(=O)/C(=C\c3ccccc3OCc3ccc([N+](=O)[O-])cc3)C2=O)c1. The molecule has 35 heavy (non-hydrogen) atoms. The topological polar surface area (TPSA) is 119 Å². The van der Waals surface area contributed by atoms with Crippen LogP contribution in [0.3, 0.4) is 0 Å². The molecule has 1 aliphatic heterocycles. The monoisotopic (exact) mass is 471 g/mol. The standard InChI is InChI=1S/C26H21N3O6/c1-16-11-17(2)13-21(12-16)28-25(31)22(24(30)27-26(28)32)14-19-5-3-4-6-23(19)35-15-18-7-9-20(10-8-18)29(33)34/h3-14H,15H2,1-2H3,(H,27,30,32)/b22-14+. The van der Waals surface area contributed by atoms with Crippen molar-refractivity contribution in [3.8, 4) is 5.75 Å². The number of urea groups is 1. The fourth-order valence-electron chi connectivity index (χ4n) is 3.73. The lowest BCUT2D eigenvalue weighted by molar-refractivity contribution is -0.384. The largest absolute Gasteiger partial charge is 0.488 e. The first-order chi connectivity index (χ1) is 16.7. The molecule has 3 aromatic rings. The second-order valence-electron chi connectivity index (χ2n) is 8.05. The fourth-order valence-corrected chi connectivity index (χ4v) is 3.73. The summed E-state index contributed by atoms with van der Waals surface area (Å²) < 4.78 is 5.86. The maximum Gasteiger partial charge on any atom is 0.335 e. The zero-order valence-electron chi connectivity index (χ0n) is 19.0. The number of nitrogens with zero attached hydrogens (tertiary/aromatic N) is 2. The minimum Gasteiger partial charge on any atom is -0.488 e. The van der Waals surface area contributed by atoms with Gasteiger partial charge in [-0.2, -0.15) is 0 Å². The highest BCUT2D eigenvalue weighted by atomic mass is 16.6. The normalized spacial score (nSPS) is 14.7. The molecule has 1 fully saturated rings. The number of nitro benzene ring substituents is 1. The van der Waals surface area contributed by atoms with Gasteiger partial charge in [0, 0.05) is 17.7 Å². The summed E-state index contributed by atoms with van der Waals surface area (Å²) in [6, 6.07) is 17.2. The van der Waals surface area contributed by atoms with Crippen molar-refractivity contribution in [1.82, 2.24) is 5.32 Å². The number of ether oxygens (including phenoxy) is 1. The molecule has 0 radical (unpaired) electrons. The summed E-state index contributed by atoms with van der Waals surface area (Å²) in [7, 11) is 0. The van der Waals surface area contributed by atoms with Gasteiger partial charge in [0.25, 0.3) is 17.5 Å². The predicted molar refractivity (Wildman–Crippen MR) is 129 cm³/mol. The van der Waals surface area contributed by atoms with Crippen LogP contribution in [0.25, 0.3) is 6.08 Å². The summed E-state index contributed by atoms with van der Waals surface area (Å²) in [6.07, 6.45) is 1.38. The number of nitro groups is 1. The lowest BCUT2D eigenvalue weighted by Crippen LogP contribution is -2.54. The number of hydrogen-bond donors (Lipinski definition) is 1. The van der Waals surface area contributed by atoms with E-state index in [2.05, 4.69) is 5.32 Å². The Labute approximate surface area is 200 Å². The van der Waals surface area contributed by atoms with Gasteiger partial charge >= 0.3 is 6.03 Å². The van der Waals surface area contributed by atoms with E-state index < -0.39 is 22.8 Å². The number of hydrogen-bond acceptors (Lipinski definition) is 6. The van der Waals surface area contributed by atoms with Crippen molar-refractivity contribution in [2.24, 2.45) is 0 Å². The number of carbonyl (C=O) groups excluding carboxylic acids is 3. The minimum absolute atomic E-state index is 0.0244. The van der Waals surface area contributed by atoms with E-state index in [0.717, 1.165) is 16.0 Å². The number of para-hydroxylation sites is 1. The third kappa shape index (κ3) is 5.09. The lowest BCUT2D eigenvalue weighted by Gasteiger charge is -2.27. The van der Waals surface area contributed by atoms with E-state index in [9.17, 15) is 24.5 Å². The van der Waals surface area contributed by atoms with Gasteiger partial charge in [-0.25, -0.2) is 9.69 Å². The molecule has 4 amide bonds. The van der Waals surface area contributed by atoms with Crippen molar-refractivity contribution >= 4 is 35.3 Å². The van der Waals surface area contributed by atoms with E-state index in [1.165, 1.54) is 18.2 Å². The summed E-state index contributed by atoms with van der Waals surface area (Å²) in [5.41, 5.74) is 3.03. The number of aryl methyl sites for hydroxylation is 2. The van der Waals surface area contributed by atoms with E-state index >= 15 is 0 Å². The van der Waals surface area contributed by atoms with Gasteiger partial charge in [-0.15, -0.1) is 0 Å². The minimum atomic E-state index is -0.815. The number of anilines is 1. The molecule has 1 saturated heterocycles. The first-order valence-electron chi connectivity index (χ1n) is 10.7. The van der Waals surface area contributed by atoms with Crippen LogP contribution in [0, 0.1) is 24.0 Å². The Bertz CT molecular complexity index is 1360. The molecule has 1 aliphatic rings. The van der Waals surface area contributed by atoms with Gasteiger partial charge in [-0.1, -0.05) is 24.3 Å². The van der Waals surface area contributed by atoms with Crippen LogP contribution in [0.2, 0.25) is 0 Å². The molecular weight excluding hydrogens is 450 g/mol. The molecule has 4 rings (SSSR count). The van der Waals surface area contributed by atoms with Crippen molar-refractivity contribution in [2.75, 3.05) is 4.90 Å². The fraction of sp³-hybridized carbons (Fsp3) is 0.115. The molecule has 9 heteroatoms. The van der Waals surface area contributed by atoms with E-state index in [1.54, 1.807) is 48.5 Å². The molecule has 176 valence electrons. The first-order valence-corrected chi connectivity index (χ1v) is 10.7. The molecule has 0 bridgehead atoms. The zero-order valence-corrected chi connectivity index (χ0v) is 19.0. The Morgan fingerprint density at radius 2 is 1.63 bits per heavy atom. The Balaban J connectivity index is 1.62. The smallest absolute Gasteiger partial charge is 0.335 e. The maximum absolute atomic E-state index is 13.2. The number of imide groups is 2. The van der Waals surface area contributed by atoms with Crippen LogP contribution in [-0.4, -0.2) is 22.8 Å². The van der Waals surface area contributed by atoms with Gasteiger partial charge in [0.05, 0.1) is 10.6 Å². The van der Waals surface area contributed by atoms with Crippen molar-refractivity contribution < 1.29 is 24.0 Å². The quantitative estimate of drug-likeness (QED) is 0.245. The number of non-ortho nitro benzene ring substituents is 1. The Hall–Kier alpha value is -4.79. The summed E-state index contributed by atoms with van der Waals surface area (Å²) >= 11 is 0. The van der Waals surface area contributed by atoms with Gasteiger partial charge in [-0.05, 0) is 66.9 Å². The number of carbonyl (C=O) groups is 3. The van der Waals surface area contributed by atoms with Crippen LogP contribution in [0.5, 0.6) is 5.75 Å². The molecule has 0 aromatic heterocycles. The van der Waals surface area contributed by atoms with Gasteiger partial charge in [-0.3, -0.25) is 25.0 Å². The van der Waals surface area contributed by atoms with Crippen molar-refractivity contribution in [3.63, 3.8) is 0 Å². The van der Waals surface area contributed by atoms with Crippen molar-refractivity contribution in [2.45, 2.75) is 20.5 Å². The van der Waals surface area contributed by atoms with Gasteiger partial charge in [0.2, 0.25) is 0 Å². The first kappa shape index (κ1) is 23.4. The maximum atomic E-state index is 13.2. The average molecular weight is 471 g/mol. The third-order valence-electron chi connectivity index (χ3n) is 5.33. The van der Waals surface area contributed by atoms with E-state index in [-0.39, 0.29) is 17.9 Å². The van der Waals surface area contributed by atoms with Crippen LogP contribution >= 0.6 is 0 Å². The molecule has 1 heterocycles. The number of nitrogens with one attached hydrogen (secondary N) is 1. The van der Waals surface area contributed by atoms with Gasteiger partial charge < -0.3 is 4.74 Å². The summed E-state index contributed by atoms with van der Waals surface area (Å²) in [5.74, 6) is -1.14. The Kier molecular flexibility index (Phi) is 6.41. The van der Waals surface area contributed by atoms with Crippen LogP contribution < -0.4 is 15.0 Å². The lowest BCUT2D eigenvalue weighted by atomic mass is 10.0. The number of rotatable bonds is 6. The molecule has 0 aliphatic carbocycles. The molecule has 0 unspecified atom stereocenters. The molecule has 0 atom stereocenters. The molecule has 1 N–H and O–H groups in total. The summed E-state index contributed by atoms with van der Waals surface area (Å²) in [6.45, 7) is 3.82. The van der Waals surface area contributed by atoms with E-state index in [1.807, 2.05) is 19.9 Å². The highest BCUT2D eigenvalue weighted by molar-refractivity contribution is 6.39. The van der Waals surface area contributed by atoms with Crippen LogP contribution in [0.15, 0.2) is 72.3 Å². The Morgan fingerprint density at radius 1 is 0.971 bits per heavy atom. The molecule has 9 nitrogen and oxygen atoms in total. The number of barbiturate groups is 1. The molecular formula is C26H21N3O6. The van der Waals surface area contributed by atoms with Gasteiger partial charge in [0.1, 0.15) is 17.9 Å². The zero-order chi connectivity index (χ0) is 25.1. The average Bonchev–Trinajstić information content (AvgIpc) is 2.80. The second kappa shape index (κ2) is 9.60. The predicted octanol–water partition coefficient (Wildman–Crippen LogP) is 4.46. The van der Waals surface area contributed by atoms with Gasteiger partial charge in [0.15, 0.2) is 0 Å². The highest BCUT2D eigenvalue weighted by Gasteiger charge is 2.37. The molecule has 0 saturated carbocycles. The van der Waals surface area contributed by atoms with Crippen molar-refractivity contribution in [1.29, 1.82) is 0 Å². The molecule has 0 spiro atoms. The summed E-state index contributed by atoms with van der Waals surface area (Å²) in [4.78, 5) is 49.6. The van der Waals surface area contributed by atoms with Crippen molar-refractivity contribution in [3.05, 3.63) is 105 Å². The van der Waals surface area contributed by atoms with E-state index in [0.29, 0.717) is 22.6 Å². The number of benzene rings is 3. The molecule has 3 aromatic carbocycles. The second-order valence-corrected chi connectivity index (χ2v) is 8.05. The Morgan fingerprint density at radius 3 is 2.29 bits per heavy atom.